The Morgan fingerprint density at radius 1 is 1.03 bits per heavy atom. The predicted molar refractivity (Wildman–Crippen MR) is 104 cm³/mol. The van der Waals surface area contributed by atoms with Crippen molar-refractivity contribution in [2.75, 3.05) is 0 Å². The number of nitro groups is 1. The second-order valence-electron chi connectivity index (χ2n) is 7.98. The van der Waals surface area contributed by atoms with Gasteiger partial charge < -0.3 is 4.74 Å². The van der Waals surface area contributed by atoms with Gasteiger partial charge in [-0.3, -0.25) is 24.5 Å². The Bertz CT molecular complexity index is 980. The molecule has 0 saturated carbocycles. The van der Waals surface area contributed by atoms with Crippen LogP contribution >= 0.6 is 0 Å². The van der Waals surface area contributed by atoms with Gasteiger partial charge in [-0.1, -0.05) is 30.3 Å². The van der Waals surface area contributed by atoms with E-state index in [1.165, 1.54) is 31.2 Å². The van der Waals surface area contributed by atoms with Gasteiger partial charge in [0.25, 0.3) is 5.69 Å². The number of rotatable bonds is 5. The minimum atomic E-state index is -1.63. The molecule has 0 aromatic heterocycles. The Morgan fingerprint density at radius 3 is 2.17 bits per heavy atom. The normalized spacial score (nSPS) is 23.3. The first-order valence-electron chi connectivity index (χ1n) is 9.16. The number of cyclic esters (lactones) is 1. The van der Waals surface area contributed by atoms with Crippen LogP contribution in [0.25, 0.3) is 0 Å². The first-order valence-corrected chi connectivity index (χ1v) is 9.16. The van der Waals surface area contributed by atoms with Crippen LogP contribution in [0.3, 0.4) is 0 Å². The lowest BCUT2D eigenvalue weighted by Crippen LogP contribution is -2.54. The molecule has 0 amide bonds. The Hall–Kier alpha value is -3.35. The van der Waals surface area contributed by atoms with Crippen LogP contribution in [0.5, 0.6) is 0 Å². The summed E-state index contributed by atoms with van der Waals surface area (Å²) in [6.45, 7) is 4.83. The highest BCUT2D eigenvalue weighted by Crippen LogP contribution is 2.49. The number of carbonyl (C=O) groups is 3. The van der Waals surface area contributed by atoms with Crippen molar-refractivity contribution in [3.63, 3.8) is 0 Å². The fraction of sp³-hybridized carbons (Fsp3) is 0.318. The number of benzene rings is 2. The van der Waals surface area contributed by atoms with Gasteiger partial charge in [-0.05, 0) is 38.5 Å². The molecule has 0 unspecified atom stereocenters. The largest absolute Gasteiger partial charge is 0.456 e. The number of Topliss-reactive ketones (excluding diaryl/α,β-unsaturated/α-hetero) is 2. The number of non-ortho nitro benzene ring substituents is 1. The molecule has 0 spiro atoms. The summed E-state index contributed by atoms with van der Waals surface area (Å²) in [5.41, 5.74) is -1.90. The van der Waals surface area contributed by atoms with Crippen molar-refractivity contribution < 1.29 is 24.0 Å². The van der Waals surface area contributed by atoms with Crippen molar-refractivity contribution >= 4 is 23.2 Å². The number of esters is 1. The van der Waals surface area contributed by atoms with E-state index in [1.807, 2.05) is 6.07 Å². The molecule has 7 heteroatoms. The molecule has 3 rings (SSSR count). The number of ether oxygens (including phenoxy) is 1. The predicted octanol–water partition coefficient (Wildman–Crippen LogP) is 4.07. The van der Waals surface area contributed by atoms with Gasteiger partial charge in [0.15, 0.2) is 11.6 Å². The molecule has 1 heterocycles. The first-order chi connectivity index (χ1) is 13.6. The molecule has 1 aliphatic rings. The van der Waals surface area contributed by atoms with Crippen LogP contribution in [0.1, 0.15) is 49.2 Å². The molecule has 0 N–H and O–H groups in total. The summed E-state index contributed by atoms with van der Waals surface area (Å²) in [4.78, 5) is 49.1. The summed E-state index contributed by atoms with van der Waals surface area (Å²) in [6, 6.07) is 14.1. The van der Waals surface area contributed by atoms with Crippen molar-refractivity contribution in [2.24, 2.45) is 10.8 Å². The summed E-state index contributed by atoms with van der Waals surface area (Å²) < 4.78 is 5.66. The number of nitrogens with zero attached hydrogens (tertiary/aromatic N) is 1. The first kappa shape index (κ1) is 20.4. The highest BCUT2D eigenvalue weighted by Gasteiger charge is 2.58. The molecule has 1 saturated heterocycles. The van der Waals surface area contributed by atoms with Crippen molar-refractivity contribution in [3.05, 3.63) is 75.8 Å². The minimum absolute atomic E-state index is 0.146. The fourth-order valence-electron chi connectivity index (χ4n) is 3.76. The Balaban J connectivity index is 1.87. The van der Waals surface area contributed by atoms with E-state index in [2.05, 4.69) is 0 Å². The SMILES string of the molecule is CC1(C)C(=O)[C@@](C)(CC(=O)c2ccc([N+](=O)[O-])cc2)C(=O)O[C@@H]1c1ccccc1. The topological polar surface area (TPSA) is 104 Å². The van der Waals surface area contributed by atoms with Crippen molar-refractivity contribution in [2.45, 2.75) is 33.3 Å². The maximum atomic E-state index is 13.3. The van der Waals surface area contributed by atoms with E-state index in [-0.39, 0.29) is 23.5 Å². The van der Waals surface area contributed by atoms with Crippen molar-refractivity contribution in [1.29, 1.82) is 0 Å². The quantitative estimate of drug-likeness (QED) is 0.249. The third-order valence-corrected chi connectivity index (χ3v) is 5.43. The third kappa shape index (κ3) is 3.55. The van der Waals surface area contributed by atoms with Crippen molar-refractivity contribution in [3.8, 4) is 0 Å². The van der Waals surface area contributed by atoms with Crippen LogP contribution in [0, 0.1) is 20.9 Å². The molecule has 1 aliphatic heterocycles. The van der Waals surface area contributed by atoms with Crippen LogP contribution < -0.4 is 0 Å². The van der Waals surface area contributed by atoms with E-state index in [4.69, 9.17) is 4.74 Å². The summed E-state index contributed by atoms with van der Waals surface area (Å²) in [6.07, 6.45) is -1.11. The van der Waals surface area contributed by atoms with Crippen LogP contribution in [-0.4, -0.2) is 22.5 Å². The van der Waals surface area contributed by atoms with Gasteiger partial charge in [0.2, 0.25) is 0 Å². The zero-order chi connectivity index (χ0) is 21.4. The highest BCUT2D eigenvalue weighted by atomic mass is 16.6. The second kappa shape index (κ2) is 7.24. The molecule has 7 nitrogen and oxygen atoms in total. The Morgan fingerprint density at radius 2 is 1.62 bits per heavy atom. The van der Waals surface area contributed by atoms with E-state index >= 15 is 0 Å². The maximum absolute atomic E-state index is 13.3. The highest BCUT2D eigenvalue weighted by molar-refractivity contribution is 6.12. The van der Waals surface area contributed by atoms with Crippen molar-refractivity contribution in [1.82, 2.24) is 0 Å². The smallest absolute Gasteiger partial charge is 0.320 e. The van der Waals surface area contributed by atoms with Gasteiger partial charge in [0, 0.05) is 24.1 Å². The standard InChI is InChI=1S/C22H21NO6/c1-21(2)18(15-7-5-4-6-8-15)29-20(26)22(3,19(21)25)13-17(24)14-9-11-16(12-10-14)23(27)28/h4-12,18H,13H2,1-3H3/t18-,22-/m1/s1. The van der Waals surface area contributed by atoms with Gasteiger partial charge >= 0.3 is 5.97 Å². The number of nitro benzene ring substituents is 1. The number of hydrogen-bond donors (Lipinski definition) is 0. The lowest BCUT2D eigenvalue weighted by Gasteiger charge is -2.44. The zero-order valence-electron chi connectivity index (χ0n) is 16.4. The maximum Gasteiger partial charge on any atom is 0.320 e. The van der Waals surface area contributed by atoms with Gasteiger partial charge in [-0.2, -0.15) is 0 Å². The van der Waals surface area contributed by atoms with Crippen LogP contribution in [0.4, 0.5) is 5.69 Å². The second-order valence-corrected chi connectivity index (χ2v) is 7.98. The van der Waals surface area contributed by atoms with Crippen LogP contribution in [0.2, 0.25) is 0 Å². The fourth-order valence-corrected chi connectivity index (χ4v) is 3.76. The van der Waals surface area contributed by atoms with E-state index in [0.717, 1.165) is 0 Å². The molecule has 150 valence electrons. The van der Waals surface area contributed by atoms with Crippen LogP contribution in [0.15, 0.2) is 54.6 Å². The molecule has 0 radical (unpaired) electrons. The number of carbonyl (C=O) groups excluding carboxylic acids is 3. The van der Waals surface area contributed by atoms with Crippen LogP contribution in [-0.2, 0) is 14.3 Å². The monoisotopic (exact) mass is 395 g/mol. The average Bonchev–Trinajstić information content (AvgIpc) is 2.70. The molecular formula is C22H21NO6. The molecule has 1 fully saturated rings. The summed E-state index contributed by atoms with van der Waals surface area (Å²) >= 11 is 0. The minimum Gasteiger partial charge on any atom is -0.456 e. The third-order valence-electron chi connectivity index (χ3n) is 5.43. The molecule has 2 aromatic rings. The molecular weight excluding hydrogens is 374 g/mol. The zero-order valence-corrected chi connectivity index (χ0v) is 16.4. The number of ketones is 2. The van der Waals surface area contributed by atoms with Gasteiger partial charge in [-0.15, -0.1) is 0 Å². The lowest BCUT2D eigenvalue weighted by molar-refractivity contribution is -0.384. The Labute approximate surface area is 167 Å². The molecule has 0 bridgehead atoms. The lowest BCUT2D eigenvalue weighted by atomic mass is 9.64. The van der Waals surface area contributed by atoms with Gasteiger partial charge in [-0.25, -0.2) is 0 Å². The average molecular weight is 395 g/mol. The summed E-state index contributed by atoms with van der Waals surface area (Å²) in [5.74, 6) is -1.57. The number of hydrogen-bond acceptors (Lipinski definition) is 6. The Kier molecular flexibility index (Phi) is 5.09. The van der Waals surface area contributed by atoms with Gasteiger partial charge in [0.05, 0.1) is 10.3 Å². The van der Waals surface area contributed by atoms with E-state index in [0.29, 0.717) is 5.56 Å². The molecule has 29 heavy (non-hydrogen) atoms. The van der Waals surface area contributed by atoms with Gasteiger partial charge in [0.1, 0.15) is 11.5 Å². The summed E-state index contributed by atoms with van der Waals surface area (Å²) in [7, 11) is 0. The molecule has 2 atom stereocenters. The summed E-state index contributed by atoms with van der Waals surface area (Å²) in [5, 5.41) is 10.8. The molecule has 0 aliphatic carbocycles. The van der Waals surface area contributed by atoms with E-state index in [9.17, 15) is 24.5 Å². The van der Waals surface area contributed by atoms with E-state index in [1.54, 1.807) is 38.1 Å². The molecule has 2 aromatic carbocycles. The van der Waals surface area contributed by atoms with E-state index < -0.39 is 33.6 Å².